The first-order chi connectivity index (χ1) is 7.70. The molecule has 0 rings (SSSR count). The molecule has 0 fully saturated rings. The fraction of sp³-hybridized carbons (Fsp3) is 1.00. The standard InChI is InChI=1S/C7H6F9IO/c8-4(9,1-3(17)2-18)5(10,6(11,12)13)7(14,15)16/h3,18H,1-2H2. The van der Waals surface area contributed by atoms with Crippen LogP contribution in [-0.2, 0) is 0 Å². The summed E-state index contributed by atoms with van der Waals surface area (Å²) in [7, 11) is 0. The van der Waals surface area contributed by atoms with Crippen LogP contribution in [0.2, 0.25) is 0 Å². The second kappa shape index (κ2) is 5.21. The SMILES string of the molecule is OCC(I)CC(F)(F)C(F)(C(F)(F)F)C(F)(F)F. The number of hydrogen-bond donors (Lipinski definition) is 1. The van der Waals surface area contributed by atoms with Crippen molar-refractivity contribution in [3.8, 4) is 0 Å². The second-order valence-corrected chi connectivity index (χ2v) is 5.10. The fourth-order valence-electron chi connectivity index (χ4n) is 1.06. The van der Waals surface area contributed by atoms with Gasteiger partial charge < -0.3 is 5.11 Å². The summed E-state index contributed by atoms with van der Waals surface area (Å²) >= 11 is 0.996. The number of aliphatic hydroxyl groups excluding tert-OH is 1. The van der Waals surface area contributed by atoms with Gasteiger partial charge in [-0.2, -0.15) is 26.3 Å². The molecule has 1 atom stereocenters. The van der Waals surface area contributed by atoms with Crippen LogP contribution in [0, 0.1) is 0 Å². The predicted octanol–water partition coefficient (Wildman–Crippen LogP) is 3.64. The van der Waals surface area contributed by atoms with Gasteiger partial charge in [-0.05, 0) is 0 Å². The zero-order valence-corrected chi connectivity index (χ0v) is 10.4. The molecule has 0 aliphatic carbocycles. The van der Waals surface area contributed by atoms with E-state index in [-0.39, 0.29) is 0 Å². The Morgan fingerprint density at radius 3 is 1.39 bits per heavy atom. The van der Waals surface area contributed by atoms with Crippen LogP contribution in [0.15, 0.2) is 0 Å². The zero-order chi connectivity index (χ0) is 15.0. The molecule has 0 aromatic heterocycles. The molecule has 0 saturated heterocycles. The van der Waals surface area contributed by atoms with E-state index in [2.05, 4.69) is 0 Å². The number of alkyl halides is 10. The van der Waals surface area contributed by atoms with Crippen LogP contribution < -0.4 is 0 Å². The van der Waals surface area contributed by atoms with Crippen molar-refractivity contribution in [1.82, 2.24) is 0 Å². The lowest BCUT2D eigenvalue weighted by Gasteiger charge is -2.36. The molecule has 0 aromatic carbocycles. The molecule has 110 valence electrons. The molecule has 18 heavy (non-hydrogen) atoms. The van der Waals surface area contributed by atoms with Crippen molar-refractivity contribution >= 4 is 22.6 Å². The van der Waals surface area contributed by atoms with Gasteiger partial charge in [0.15, 0.2) is 0 Å². The van der Waals surface area contributed by atoms with Gasteiger partial charge in [0.2, 0.25) is 0 Å². The lowest BCUT2D eigenvalue weighted by atomic mass is 9.92. The number of hydrogen-bond acceptors (Lipinski definition) is 1. The molecule has 0 bridgehead atoms. The van der Waals surface area contributed by atoms with E-state index < -0.39 is 40.9 Å². The molecular formula is C7H6F9IO. The smallest absolute Gasteiger partial charge is 0.395 e. The maximum Gasteiger partial charge on any atom is 0.437 e. The third-order valence-electron chi connectivity index (χ3n) is 1.96. The summed E-state index contributed by atoms with van der Waals surface area (Å²) in [6.45, 7) is -1.11. The van der Waals surface area contributed by atoms with E-state index in [0.717, 1.165) is 22.6 Å². The van der Waals surface area contributed by atoms with Crippen molar-refractivity contribution in [3.63, 3.8) is 0 Å². The number of rotatable bonds is 4. The highest BCUT2D eigenvalue weighted by molar-refractivity contribution is 14.1. The normalized spacial score (nSPS) is 16.8. The van der Waals surface area contributed by atoms with Crippen LogP contribution >= 0.6 is 22.6 Å². The molecule has 1 N–H and O–H groups in total. The topological polar surface area (TPSA) is 20.2 Å². The van der Waals surface area contributed by atoms with Crippen molar-refractivity contribution in [2.24, 2.45) is 0 Å². The Balaban J connectivity index is 5.61. The fourth-order valence-corrected chi connectivity index (χ4v) is 1.61. The minimum Gasteiger partial charge on any atom is -0.395 e. The number of aliphatic hydroxyl groups is 1. The highest BCUT2D eigenvalue weighted by Gasteiger charge is 2.83. The third-order valence-corrected chi connectivity index (χ3v) is 2.80. The average molecular weight is 404 g/mol. The Kier molecular flexibility index (Phi) is 5.23. The summed E-state index contributed by atoms with van der Waals surface area (Å²) in [6.07, 6.45) is -15.7. The van der Waals surface area contributed by atoms with E-state index in [4.69, 9.17) is 5.11 Å². The summed E-state index contributed by atoms with van der Waals surface area (Å²) in [5.41, 5.74) is -6.65. The van der Waals surface area contributed by atoms with Crippen LogP contribution in [0.1, 0.15) is 6.42 Å². The molecule has 0 aliphatic rings. The van der Waals surface area contributed by atoms with Crippen molar-refractivity contribution in [1.29, 1.82) is 0 Å². The minimum absolute atomic E-state index is 0.996. The summed E-state index contributed by atoms with van der Waals surface area (Å²) in [6, 6.07) is 0. The molecule has 1 nitrogen and oxygen atoms in total. The van der Waals surface area contributed by atoms with Crippen molar-refractivity contribution in [3.05, 3.63) is 0 Å². The van der Waals surface area contributed by atoms with Crippen LogP contribution in [0.5, 0.6) is 0 Å². The average Bonchev–Trinajstić information content (AvgIpc) is 2.11. The van der Waals surface area contributed by atoms with Crippen LogP contribution in [-0.4, -0.2) is 39.6 Å². The maximum atomic E-state index is 13.0. The summed E-state index contributed by atoms with van der Waals surface area (Å²) in [5, 5.41) is 8.34. The van der Waals surface area contributed by atoms with Crippen LogP contribution in [0.3, 0.4) is 0 Å². The quantitative estimate of drug-likeness (QED) is 0.431. The second-order valence-electron chi connectivity index (χ2n) is 3.34. The molecule has 1 unspecified atom stereocenters. The number of halogens is 10. The molecule has 0 heterocycles. The highest BCUT2D eigenvalue weighted by Crippen LogP contribution is 2.56. The van der Waals surface area contributed by atoms with E-state index in [0.29, 0.717) is 0 Å². The summed E-state index contributed by atoms with van der Waals surface area (Å²) < 4.78 is 109. The van der Waals surface area contributed by atoms with Gasteiger partial charge in [-0.25, -0.2) is 13.2 Å². The molecule has 0 amide bonds. The van der Waals surface area contributed by atoms with E-state index >= 15 is 0 Å². The first-order valence-electron chi connectivity index (χ1n) is 4.16. The van der Waals surface area contributed by atoms with Gasteiger partial charge in [-0.1, -0.05) is 22.6 Å². The third kappa shape index (κ3) is 3.14. The predicted molar refractivity (Wildman–Crippen MR) is 50.4 cm³/mol. The Bertz CT molecular complexity index is 270. The van der Waals surface area contributed by atoms with E-state index in [1.807, 2.05) is 0 Å². The molecule has 0 radical (unpaired) electrons. The van der Waals surface area contributed by atoms with Crippen molar-refractivity contribution in [2.45, 2.75) is 34.3 Å². The summed E-state index contributed by atoms with van der Waals surface area (Å²) in [5.74, 6) is -5.74. The zero-order valence-electron chi connectivity index (χ0n) is 8.22. The van der Waals surface area contributed by atoms with Gasteiger partial charge in [0.1, 0.15) is 0 Å². The molecule has 0 aromatic rings. The Morgan fingerprint density at radius 1 is 0.833 bits per heavy atom. The van der Waals surface area contributed by atoms with Gasteiger partial charge >= 0.3 is 23.9 Å². The maximum absolute atomic E-state index is 13.0. The van der Waals surface area contributed by atoms with E-state index in [1.54, 1.807) is 0 Å². The van der Waals surface area contributed by atoms with Crippen molar-refractivity contribution < 1.29 is 44.6 Å². The first kappa shape index (κ1) is 18.1. The first-order valence-corrected chi connectivity index (χ1v) is 5.40. The lowest BCUT2D eigenvalue weighted by molar-refractivity contribution is -0.397. The summed E-state index contributed by atoms with van der Waals surface area (Å²) in [4.78, 5) is 0. The Morgan fingerprint density at radius 2 is 1.17 bits per heavy atom. The van der Waals surface area contributed by atoms with Gasteiger partial charge in [0.25, 0.3) is 0 Å². The van der Waals surface area contributed by atoms with Crippen LogP contribution in [0.25, 0.3) is 0 Å². The Hall–Kier alpha value is 0.0600. The lowest BCUT2D eigenvalue weighted by Crippen LogP contribution is -2.65. The molecule has 0 aliphatic heterocycles. The Labute approximate surface area is 108 Å². The van der Waals surface area contributed by atoms with E-state index in [9.17, 15) is 39.5 Å². The largest absolute Gasteiger partial charge is 0.437 e. The van der Waals surface area contributed by atoms with Gasteiger partial charge in [-0.3, -0.25) is 0 Å². The van der Waals surface area contributed by atoms with Crippen LogP contribution in [0.4, 0.5) is 39.5 Å². The minimum atomic E-state index is -6.82. The molecule has 0 saturated carbocycles. The van der Waals surface area contributed by atoms with Gasteiger partial charge in [0.05, 0.1) is 6.61 Å². The van der Waals surface area contributed by atoms with Crippen molar-refractivity contribution in [2.75, 3.05) is 6.61 Å². The highest BCUT2D eigenvalue weighted by atomic mass is 127. The monoisotopic (exact) mass is 404 g/mol. The van der Waals surface area contributed by atoms with E-state index in [1.165, 1.54) is 0 Å². The van der Waals surface area contributed by atoms with Gasteiger partial charge in [-0.15, -0.1) is 0 Å². The molecule has 0 spiro atoms. The molecule has 11 heteroatoms. The van der Waals surface area contributed by atoms with Gasteiger partial charge in [0, 0.05) is 10.3 Å². The molecular weight excluding hydrogens is 398 g/mol.